The Balaban J connectivity index is 1.29. The molecule has 4 aromatic rings. The van der Waals surface area contributed by atoms with Gasteiger partial charge in [-0.2, -0.15) is 5.10 Å². The average molecular weight is 542 g/mol. The van der Waals surface area contributed by atoms with Gasteiger partial charge in [0.05, 0.1) is 18.1 Å². The van der Waals surface area contributed by atoms with Crippen LogP contribution in [0.15, 0.2) is 71.9 Å². The van der Waals surface area contributed by atoms with Gasteiger partial charge < -0.3 is 20.6 Å². The molecule has 0 spiro atoms. The number of fused-ring (bicyclic) bond motifs is 1. The van der Waals surface area contributed by atoms with Crippen molar-refractivity contribution < 1.29 is 14.7 Å². The number of benzene rings is 2. The summed E-state index contributed by atoms with van der Waals surface area (Å²) >= 11 is 0. The number of amides is 2. The summed E-state index contributed by atoms with van der Waals surface area (Å²) < 4.78 is 3.04. The van der Waals surface area contributed by atoms with Crippen molar-refractivity contribution in [3.63, 3.8) is 0 Å². The Hall–Kier alpha value is -4.93. The van der Waals surface area contributed by atoms with Crippen LogP contribution < -0.4 is 16.2 Å². The number of anilines is 1. The monoisotopic (exact) mass is 541 g/mol. The van der Waals surface area contributed by atoms with Gasteiger partial charge in [0.2, 0.25) is 5.91 Å². The van der Waals surface area contributed by atoms with Crippen molar-refractivity contribution in [2.75, 3.05) is 18.4 Å². The lowest BCUT2D eigenvalue weighted by Gasteiger charge is -2.26. The summed E-state index contributed by atoms with van der Waals surface area (Å²) in [6.45, 7) is 1.44. The molecule has 206 valence electrons. The molecule has 3 N–H and O–H groups in total. The lowest BCUT2D eigenvalue weighted by molar-refractivity contribution is -0.121. The van der Waals surface area contributed by atoms with Gasteiger partial charge in [-0.25, -0.2) is 9.78 Å². The molecule has 0 radical (unpaired) electrons. The number of hydrogen-bond acceptors (Lipinski definition) is 6. The standard InChI is InChI=1S/C29H31N7O4/c1-34-17-24(15-33-34)25-16-32-27(30-11-9-20-5-3-2-4-6-20)28(38)36(25)19-26(37)31-14-21-7-8-23-18-35(29(39)40)12-10-22(23)13-21/h2-8,13,15-17H,9-12,14,18-19H2,1H3,(H,30,32)(H,31,37)(H,39,40). The summed E-state index contributed by atoms with van der Waals surface area (Å²) in [6, 6.07) is 15.7. The van der Waals surface area contributed by atoms with Gasteiger partial charge in [-0.1, -0.05) is 48.5 Å². The van der Waals surface area contributed by atoms with Gasteiger partial charge in [0.25, 0.3) is 5.56 Å². The quantitative estimate of drug-likeness (QED) is 0.297. The lowest BCUT2D eigenvalue weighted by Crippen LogP contribution is -2.35. The van der Waals surface area contributed by atoms with Gasteiger partial charge in [0, 0.05) is 45.0 Å². The van der Waals surface area contributed by atoms with Crippen LogP contribution >= 0.6 is 0 Å². The van der Waals surface area contributed by atoms with Crippen molar-refractivity contribution in [2.24, 2.45) is 7.05 Å². The smallest absolute Gasteiger partial charge is 0.407 e. The molecule has 3 heterocycles. The lowest BCUT2D eigenvalue weighted by atomic mass is 9.97. The van der Waals surface area contributed by atoms with Crippen LogP contribution in [0.5, 0.6) is 0 Å². The van der Waals surface area contributed by atoms with Crippen LogP contribution in [0, 0.1) is 0 Å². The molecule has 11 heteroatoms. The van der Waals surface area contributed by atoms with E-state index in [1.54, 1.807) is 30.3 Å². The number of carboxylic acid groups (broad SMARTS) is 1. The summed E-state index contributed by atoms with van der Waals surface area (Å²) in [5.74, 6) is -0.134. The molecule has 40 heavy (non-hydrogen) atoms. The van der Waals surface area contributed by atoms with Crippen molar-refractivity contribution in [3.05, 3.63) is 99.7 Å². The Morgan fingerprint density at radius 2 is 1.88 bits per heavy atom. The van der Waals surface area contributed by atoms with Crippen LogP contribution in [-0.4, -0.2) is 54.4 Å². The molecule has 0 bridgehead atoms. The maximum atomic E-state index is 13.4. The Kier molecular flexibility index (Phi) is 7.90. The van der Waals surface area contributed by atoms with Gasteiger partial charge >= 0.3 is 6.09 Å². The van der Waals surface area contributed by atoms with Gasteiger partial charge in [0.15, 0.2) is 5.82 Å². The zero-order valence-corrected chi connectivity index (χ0v) is 22.2. The zero-order chi connectivity index (χ0) is 28.1. The maximum absolute atomic E-state index is 13.4. The minimum absolute atomic E-state index is 0.182. The van der Waals surface area contributed by atoms with E-state index in [0.717, 1.165) is 28.7 Å². The molecule has 2 amide bonds. The van der Waals surface area contributed by atoms with Crippen LogP contribution in [0.2, 0.25) is 0 Å². The van der Waals surface area contributed by atoms with Crippen molar-refractivity contribution in [2.45, 2.75) is 32.5 Å². The first-order chi connectivity index (χ1) is 19.4. The summed E-state index contributed by atoms with van der Waals surface area (Å²) in [4.78, 5) is 43.5. The highest BCUT2D eigenvalue weighted by molar-refractivity contribution is 5.77. The predicted octanol–water partition coefficient (Wildman–Crippen LogP) is 2.65. The SMILES string of the molecule is Cn1cc(-c2cnc(NCCc3ccccc3)c(=O)n2CC(=O)NCc2ccc3c(c2)CCN(C(=O)O)C3)cn1. The maximum Gasteiger partial charge on any atom is 0.407 e. The first-order valence-electron chi connectivity index (χ1n) is 13.1. The number of carbonyl (C=O) groups excluding carboxylic acids is 1. The number of carbonyl (C=O) groups is 2. The largest absolute Gasteiger partial charge is 0.465 e. The number of hydrogen-bond donors (Lipinski definition) is 3. The fourth-order valence-electron chi connectivity index (χ4n) is 4.80. The second-order valence-electron chi connectivity index (χ2n) is 9.78. The molecule has 11 nitrogen and oxygen atoms in total. The van der Waals surface area contributed by atoms with E-state index in [1.807, 2.05) is 48.5 Å². The van der Waals surface area contributed by atoms with Gasteiger partial charge in [-0.05, 0) is 35.1 Å². The normalized spacial score (nSPS) is 12.6. The third-order valence-corrected chi connectivity index (χ3v) is 6.95. The summed E-state index contributed by atoms with van der Waals surface area (Å²) in [5.41, 5.74) is 4.90. The minimum Gasteiger partial charge on any atom is -0.465 e. The minimum atomic E-state index is -0.923. The average Bonchev–Trinajstić information content (AvgIpc) is 3.39. The van der Waals surface area contributed by atoms with E-state index in [4.69, 9.17) is 0 Å². The van der Waals surface area contributed by atoms with E-state index >= 15 is 0 Å². The van der Waals surface area contributed by atoms with E-state index in [2.05, 4.69) is 20.7 Å². The topological polar surface area (TPSA) is 134 Å². The van der Waals surface area contributed by atoms with Crippen molar-refractivity contribution in [3.8, 4) is 11.3 Å². The van der Waals surface area contributed by atoms with Crippen molar-refractivity contribution >= 4 is 17.8 Å². The van der Waals surface area contributed by atoms with Crippen molar-refractivity contribution in [1.82, 2.24) is 29.5 Å². The second kappa shape index (κ2) is 11.9. The third-order valence-electron chi connectivity index (χ3n) is 6.95. The number of rotatable bonds is 9. The van der Waals surface area contributed by atoms with Crippen molar-refractivity contribution in [1.29, 1.82) is 0 Å². The van der Waals surface area contributed by atoms with E-state index in [9.17, 15) is 19.5 Å². The highest BCUT2D eigenvalue weighted by Gasteiger charge is 2.20. The van der Waals surface area contributed by atoms with E-state index in [1.165, 1.54) is 9.47 Å². The number of nitrogens with one attached hydrogen (secondary N) is 2. The number of aromatic nitrogens is 4. The number of aryl methyl sites for hydroxylation is 1. The highest BCUT2D eigenvalue weighted by atomic mass is 16.4. The first-order valence-corrected chi connectivity index (χ1v) is 13.1. The molecule has 5 rings (SSSR count). The van der Waals surface area contributed by atoms with Gasteiger partial charge in [0.1, 0.15) is 6.54 Å². The van der Waals surface area contributed by atoms with Crippen LogP contribution in [0.4, 0.5) is 10.6 Å². The molecule has 2 aromatic heterocycles. The van der Waals surface area contributed by atoms with Crippen LogP contribution in [0.1, 0.15) is 22.3 Å². The molecule has 1 aliphatic heterocycles. The number of nitrogens with zero attached hydrogens (tertiary/aromatic N) is 5. The molecule has 0 atom stereocenters. The van der Waals surface area contributed by atoms with Crippen LogP contribution in [-0.2, 0) is 44.3 Å². The molecule has 0 unspecified atom stereocenters. The molecule has 0 saturated carbocycles. The molecular weight excluding hydrogens is 510 g/mol. The Morgan fingerprint density at radius 3 is 2.62 bits per heavy atom. The third kappa shape index (κ3) is 6.20. The predicted molar refractivity (Wildman–Crippen MR) is 150 cm³/mol. The summed E-state index contributed by atoms with van der Waals surface area (Å²) in [6.07, 6.45) is 5.42. The molecule has 0 saturated heterocycles. The van der Waals surface area contributed by atoms with E-state index in [-0.39, 0.29) is 23.8 Å². The highest BCUT2D eigenvalue weighted by Crippen LogP contribution is 2.21. The van der Waals surface area contributed by atoms with Crippen LogP contribution in [0.25, 0.3) is 11.3 Å². The molecular formula is C29H31N7O4. The first kappa shape index (κ1) is 26.7. The fourth-order valence-corrected chi connectivity index (χ4v) is 4.80. The van der Waals surface area contributed by atoms with Gasteiger partial charge in [-0.15, -0.1) is 0 Å². The van der Waals surface area contributed by atoms with E-state index in [0.29, 0.717) is 43.9 Å². The molecule has 2 aromatic carbocycles. The fraction of sp³-hybridized carbons (Fsp3) is 0.276. The molecule has 1 aliphatic rings. The second-order valence-corrected chi connectivity index (χ2v) is 9.78. The molecule has 0 fully saturated rings. The zero-order valence-electron chi connectivity index (χ0n) is 22.2. The van der Waals surface area contributed by atoms with E-state index < -0.39 is 6.09 Å². The Bertz CT molecular complexity index is 1580. The Labute approximate surface area is 231 Å². The summed E-state index contributed by atoms with van der Waals surface area (Å²) in [5, 5.41) is 19.5. The Morgan fingerprint density at radius 1 is 1.05 bits per heavy atom. The molecule has 0 aliphatic carbocycles. The van der Waals surface area contributed by atoms with Gasteiger partial charge in [-0.3, -0.25) is 18.8 Å². The summed E-state index contributed by atoms with van der Waals surface area (Å²) in [7, 11) is 1.78. The van der Waals surface area contributed by atoms with Crippen LogP contribution in [0.3, 0.4) is 0 Å².